The zero-order valence-electron chi connectivity index (χ0n) is 16.3. The second-order valence-corrected chi connectivity index (χ2v) is 6.00. The fourth-order valence-electron chi connectivity index (χ4n) is 2.63. The molecule has 0 amide bonds. The molecule has 0 unspecified atom stereocenters. The Morgan fingerprint density at radius 2 is 1.48 bits per heavy atom. The minimum absolute atomic E-state index is 0. The van der Waals surface area contributed by atoms with E-state index in [1.807, 2.05) is 50.6 Å². The van der Waals surface area contributed by atoms with Crippen molar-refractivity contribution in [1.29, 1.82) is 0 Å². The van der Waals surface area contributed by atoms with Gasteiger partial charge in [-0.2, -0.15) is 44.2 Å². The smallest absolute Gasteiger partial charge is 1.00 e. The number of anilines is 1. The SMILES string of the molecule is CN(C)c1[c-]c2c(cc1)-c1ccccc1C2.C[CH-]C.[Cl-].[Cl-].[Zr+2].c1cc[cH-]c1. The number of hydrogen-bond donors (Lipinski definition) is 0. The summed E-state index contributed by atoms with van der Waals surface area (Å²) in [5.74, 6) is 0. The van der Waals surface area contributed by atoms with Gasteiger partial charge in [0.1, 0.15) is 0 Å². The Kier molecular flexibility index (Phi) is 15.7. The van der Waals surface area contributed by atoms with Crippen LogP contribution in [0.5, 0.6) is 0 Å². The Morgan fingerprint density at radius 3 is 2.00 bits per heavy atom. The molecule has 0 N–H and O–H groups in total. The Bertz CT molecular complexity index is 723. The van der Waals surface area contributed by atoms with Gasteiger partial charge in [-0.1, -0.05) is 41.1 Å². The quantitative estimate of drug-likeness (QED) is 0.342. The zero-order valence-corrected chi connectivity index (χ0v) is 20.3. The number of benzene rings is 2. The molecule has 0 spiro atoms. The fraction of sp³-hybridized carbons (Fsp3) is 0.217. The molecule has 27 heavy (non-hydrogen) atoms. The van der Waals surface area contributed by atoms with Crippen molar-refractivity contribution in [3.8, 4) is 11.1 Å². The van der Waals surface area contributed by atoms with Crippen LogP contribution in [0.3, 0.4) is 0 Å². The van der Waals surface area contributed by atoms with E-state index in [0.29, 0.717) is 0 Å². The Morgan fingerprint density at radius 1 is 0.889 bits per heavy atom. The largest absolute Gasteiger partial charge is 2.00 e. The average Bonchev–Trinajstić information content (AvgIpc) is 3.26. The van der Waals surface area contributed by atoms with Crippen LogP contribution in [0.15, 0.2) is 66.7 Å². The summed E-state index contributed by atoms with van der Waals surface area (Å²) < 4.78 is 0. The van der Waals surface area contributed by atoms with E-state index < -0.39 is 0 Å². The van der Waals surface area contributed by atoms with Gasteiger partial charge in [0, 0.05) is 14.1 Å². The third kappa shape index (κ3) is 8.30. The van der Waals surface area contributed by atoms with Crippen molar-refractivity contribution in [2.45, 2.75) is 20.3 Å². The maximum atomic E-state index is 3.50. The van der Waals surface area contributed by atoms with Gasteiger partial charge in [-0.15, -0.1) is 17.2 Å². The fourth-order valence-corrected chi connectivity index (χ4v) is 2.63. The molecule has 144 valence electrons. The van der Waals surface area contributed by atoms with Crippen molar-refractivity contribution in [2.75, 3.05) is 19.0 Å². The van der Waals surface area contributed by atoms with Gasteiger partial charge in [0.2, 0.25) is 0 Å². The molecule has 3 aromatic rings. The summed E-state index contributed by atoms with van der Waals surface area (Å²) in [6.07, 6.45) is 3.02. The van der Waals surface area contributed by atoms with Crippen molar-refractivity contribution >= 4 is 5.69 Å². The molecule has 3 aromatic carbocycles. The van der Waals surface area contributed by atoms with Crippen LogP contribution in [0.4, 0.5) is 5.69 Å². The summed E-state index contributed by atoms with van der Waals surface area (Å²) in [6.45, 7) is 4.00. The maximum Gasteiger partial charge on any atom is 2.00 e. The normalized spacial score (nSPS) is 9.33. The van der Waals surface area contributed by atoms with E-state index in [4.69, 9.17) is 0 Å². The van der Waals surface area contributed by atoms with Crippen LogP contribution >= 0.6 is 0 Å². The molecule has 0 heterocycles. The molecule has 0 radical (unpaired) electrons. The summed E-state index contributed by atoms with van der Waals surface area (Å²) in [4.78, 5) is 2.10. The van der Waals surface area contributed by atoms with Gasteiger partial charge in [0.15, 0.2) is 0 Å². The predicted octanol–water partition coefficient (Wildman–Crippen LogP) is -0.235. The van der Waals surface area contributed by atoms with Crippen LogP contribution in [0.2, 0.25) is 0 Å². The molecule has 4 rings (SSSR count). The van der Waals surface area contributed by atoms with Gasteiger partial charge in [-0.3, -0.25) is 0 Å². The number of fused-ring (bicyclic) bond motifs is 3. The molecule has 1 nitrogen and oxygen atoms in total. The first-order chi connectivity index (χ1) is 11.7. The van der Waals surface area contributed by atoms with Crippen LogP contribution in [0.25, 0.3) is 11.1 Å². The molecule has 0 fully saturated rings. The van der Waals surface area contributed by atoms with E-state index in [9.17, 15) is 0 Å². The van der Waals surface area contributed by atoms with E-state index in [1.54, 1.807) is 0 Å². The summed E-state index contributed by atoms with van der Waals surface area (Å²) >= 11 is 0. The minimum atomic E-state index is 0. The molecule has 1 aliphatic carbocycles. The first-order valence-corrected chi connectivity index (χ1v) is 8.38. The molecule has 0 bridgehead atoms. The molecular weight excluding hydrogens is 452 g/mol. The van der Waals surface area contributed by atoms with Crippen molar-refractivity contribution < 1.29 is 51.0 Å². The first-order valence-electron chi connectivity index (χ1n) is 8.38. The van der Waals surface area contributed by atoms with E-state index >= 15 is 0 Å². The molecule has 0 aliphatic heterocycles. The topological polar surface area (TPSA) is 3.24 Å². The Labute approximate surface area is 196 Å². The third-order valence-corrected chi connectivity index (χ3v) is 3.72. The predicted molar refractivity (Wildman–Crippen MR) is 106 cm³/mol. The van der Waals surface area contributed by atoms with Crippen LogP contribution in [0, 0.1) is 12.5 Å². The van der Waals surface area contributed by atoms with E-state index in [2.05, 4.69) is 61.5 Å². The second-order valence-electron chi connectivity index (χ2n) is 6.00. The average molecular weight is 479 g/mol. The van der Waals surface area contributed by atoms with Gasteiger partial charge in [0.05, 0.1) is 0 Å². The number of halogens is 2. The zero-order chi connectivity index (χ0) is 17.4. The number of hydrogen-bond acceptors (Lipinski definition) is 1. The summed E-state index contributed by atoms with van der Waals surface area (Å²) in [7, 11) is 4.11. The van der Waals surface area contributed by atoms with Gasteiger partial charge in [0.25, 0.3) is 0 Å². The van der Waals surface area contributed by atoms with Gasteiger partial charge in [-0.25, -0.2) is 12.1 Å². The molecular formula is C23H26Cl2NZr-3. The number of nitrogens with zero attached hydrogens (tertiary/aromatic N) is 1. The van der Waals surface area contributed by atoms with E-state index in [1.165, 1.54) is 22.3 Å². The monoisotopic (exact) mass is 476 g/mol. The molecule has 0 saturated carbocycles. The van der Waals surface area contributed by atoms with Crippen molar-refractivity contribution in [3.05, 3.63) is 90.3 Å². The third-order valence-electron chi connectivity index (χ3n) is 3.72. The van der Waals surface area contributed by atoms with Crippen LogP contribution in [-0.2, 0) is 32.6 Å². The summed E-state index contributed by atoms with van der Waals surface area (Å²) in [6, 6.07) is 26.5. The summed E-state index contributed by atoms with van der Waals surface area (Å²) in [5.41, 5.74) is 6.63. The number of rotatable bonds is 1. The Hall–Kier alpha value is -0.947. The van der Waals surface area contributed by atoms with Gasteiger partial charge >= 0.3 is 26.2 Å². The molecule has 0 aromatic heterocycles. The van der Waals surface area contributed by atoms with Crippen LogP contribution in [-0.4, -0.2) is 14.1 Å². The van der Waals surface area contributed by atoms with Crippen molar-refractivity contribution in [3.63, 3.8) is 0 Å². The minimum Gasteiger partial charge on any atom is -1.00 e. The molecule has 1 aliphatic rings. The Balaban J connectivity index is 0. The molecule has 4 heteroatoms. The second kappa shape index (κ2) is 15.0. The van der Waals surface area contributed by atoms with Crippen molar-refractivity contribution in [2.24, 2.45) is 0 Å². The molecule has 0 atom stereocenters. The van der Waals surface area contributed by atoms with E-state index in [-0.39, 0.29) is 51.0 Å². The standard InChI is InChI=1S/C15H14N.C5H5.C3H7.2ClH.Zr/c1-16(2)13-7-8-15-12(10-13)9-11-5-3-4-6-14(11)15;1-2-4-5-3-1;1-3-2;;;/h3-8H,9H2,1-2H3;1-5H;3H,1-2H3;2*1H;/q3*-1;;;+2/p-2. The van der Waals surface area contributed by atoms with Crippen molar-refractivity contribution in [1.82, 2.24) is 0 Å². The van der Waals surface area contributed by atoms with E-state index in [0.717, 1.165) is 12.1 Å². The van der Waals surface area contributed by atoms with Gasteiger partial charge in [-0.05, 0) is 6.42 Å². The van der Waals surface area contributed by atoms with Crippen LogP contribution < -0.4 is 29.7 Å². The van der Waals surface area contributed by atoms with Gasteiger partial charge < -0.3 is 36.1 Å². The molecule has 0 saturated heterocycles. The summed E-state index contributed by atoms with van der Waals surface area (Å²) in [5, 5.41) is 0. The first kappa shape index (κ1) is 28.3. The van der Waals surface area contributed by atoms with Crippen LogP contribution in [0.1, 0.15) is 25.0 Å². The maximum absolute atomic E-state index is 3.50.